The molecule has 0 spiro atoms. The second kappa shape index (κ2) is 5.35. The van der Waals surface area contributed by atoms with Crippen molar-refractivity contribution >= 4 is 6.41 Å². The zero-order valence-corrected chi connectivity index (χ0v) is 5.98. The maximum absolute atomic E-state index is 9.78. The first-order valence-corrected chi connectivity index (χ1v) is 3.14. The average Bonchev–Trinajstić information content (AvgIpc) is 1.85. The smallest absolute Gasteiger partial charge is 0.207 e. The maximum Gasteiger partial charge on any atom is 0.207 e. The third-order valence-electron chi connectivity index (χ3n) is 1.02. The third-order valence-corrected chi connectivity index (χ3v) is 1.02. The van der Waals surface area contributed by atoms with Gasteiger partial charge in [0, 0.05) is 6.54 Å². The molecule has 0 rings (SSSR count). The fourth-order valence-electron chi connectivity index (χ4n) is 0.623. The normalized spacial score (nSPS) is 11.1. The van der Waals surface area contributed by atoms with Gasteiger partial charge < -0.3 is 5.32 Å². The summed E-state index contributed by atoms with van der Waals surface area (Å²) in [5.74, 6) is 0. The van der Waals surface area contributed by atoms with Crippen LogP contribution in [0.3, 0.4) is 0 Å². The molecule has 0 bridgehead atoms. The summed E-state index contributed by atoms with van der Waals surface area (Å²) in [6, 6.07) is 0. The van der Waals surface area contributed by atoms with E-state index in [1.54, 1.807) is 0 Å². The summed E-state index contributed by atoms with van der Waals surface area (Å²) in [7, 11) is 0. The summed E-state index contributed by atoms with van der Waals surface area (Å²) >= 11 is 0. The summed E-state index contributed by atoms with van der Waals surface area (Å²) < 4.78 is 0. The number of hydrogen-bond donors (Lipinski definition) is 1. The Kier molecular flexibility index (Phi) is 4.88. The lowest BCUT2D eigenvalue weighted by Gasteiger charge is -1.96. The minimum absolute atomic E-state index is 0.678. The zero-order valence-electron chi connectivity index (χ0n) is 5.98. The van der Waals surface area contributed by atoms with Crippen molar-refractivity contribution < 1.29 is 4.79 Å². The topological polar surface area (TPSA) is 29.1 Å². The van der Waals surface area contributed by atoms with Gasteiger partial charge in [0.25, 0.3) is 0 Å². The van der Waals surface area contributed by atoms with Crippen molar-refractivity contribution in [3.8, 4) is 0 Å². The highest BCUT2D eigenvalue weighted by Gasteiger charge is 1.83. The molecule has 0 aliphatic carbocycles. The van der Waals surface area contributed by atoms with Gasteiger partial charge in [-0.2, -0.15) is 0 Å². The van der Waals surface area contributed by atoms with Crippen molar-refractivity contribution in [2.24, 2.45) is 0 Å². The lowest BCUT2D eigenvalue weighted by molar-refractivity contribution is -0.109. The van der Waals surface area contributed by atoms with Crippen LogP contribution in [-0.2, 0) is 4.79 Å². The highest BCUT2D eigenvalue weighted by molar-refractivity contribution is 5.46. The van der Waals surface area contributed by atoms with Crippen LogP contribution in [0, 0.1) is 0 Å². The summed E-state index contributed by atoms with van der Waals surface area (Å²) in [6.07, 6.45) is 3.84. The summed E-state index contributed by atoms with van der Waals surface area (Å²) in [5.41, 5.74) is 1.21. The minimum Gasteiger partial charge on any atom is -0.355 e. The predicted molar refractivity (Wildman–Crippen MR) is 38.1 cm³/mol. The number of nitrogens with one attached hydrogen (secondary N) is 1. The molecule has 0 aliphatic rings. The standard InChI is InChI=1S/C7H13NO/c1-3-4-7(2)5-8-6-9/h4,6H,3,5H2,1-2H3,(H,8,9)/b7-4-. The van der Waals surface area contributed by atoms with Crippen molar-refractivity contribution in [1.29, 1.82) is 0 Å². The zero-order chi connectivity index (χ0) is 7.11. The third kappa shape index (κ3) is 5.07. The number of rotatable bonds is 4. The van der Waals surface area contributed by atoms with Gasteiger partial charge in [-0.25, -0.2) is 0 Å². The van der Waals surface area contributed by atoms with Crippen molar-refractivity contribution in [2.45, 2.75) is 20.3 Å². The van der Waals surface area contributed by atoms with Crippen LogP contribution in [0.15, 0.2) is 11.6 Å². The molecule has 0 aromatic rings. The molecule has 0 aromatic carbocycles. The molecule has 2 nitrogen and oxygen atoms in total. The van der Waals surface area contributed by atoms with Crippen molar-refractivity contribution in [1.82, 2.24) is 5.32 Å². The van der Waals surface area contributed by atoms with E-state index in [0.29, 0.717) is 13.0 Å². The molecular formula is C7H13NO. The van der Waals surface area contributed by atoms with E-state index in [1.807, 2.05) is 6.92 Å². The Balaban J connectivity index is 3.36. The highest BCUT2D eigenvalue weighted by Crippen LogP contribution is 1.90. The number of amides is 1. The molecule has 1 N–H and O–H groups in total. The van der Waals surface area contributed by atoms with E-state index in [2.05, 4.69) is 18.3 Å². The fourth-order valence-corrected chi connectivity index (χ4v) is 0.623. The van der Waals surface area contributed by atoms with Gasteiger partial charge in [0.15, 0.2) is 0 Å². The first kappa shape index (κ1) is 8.21. The number of carbonyl (C=O) groups is 1. The average molecular weight is 127 g/mol. The van der Waals surface area contributed by atoms with Crippen LogP contribution in [0.5, 0.6) is 0 Å². The lowest BCUT2D eigenvalue weighted by Crippen LogP contribution is -2.12. The van der Waals surface area contributed by atoms with E-state index >= 15 is 0 Å². The molecule has 0 aromatic heterocycles. The molecule has 0 heterocycles. The Bertz CT molecular complexity index is 107. The number of allylic oxidation sites excluding steroid dienone is 1. The van der Waals surface area contributed by atoms with E-state index < -0.39 is 0 Å². The number of carbonyl (C=O) groups excluding carboxylic acids is 1. The fraction of sp³-hybridized carbons (Fsp3) is 0.571. The van der Waals surface area contributed by atoms with Crippen molar-refractivity contribution in [3.63, 3.8) is 0 Å². The van der Waals surface area contributed by atoms with Crippen LogP contribution < -0.4 is 5.32 Å². The van der Waals surface area contributed by atoms with Crippen molar-refractivity contribution in [3.05, 3.63) is 11.6 Å². The van der Waals surface area contributed by atoms with Crippen LogP contribution in [-0.4, -0.2) is 13.0 Å². The molecular weight excluding hydrogens is 114 g/mol. The van der Waals surface area contributed by atoms with Gasteiger partial charge in [0.1, 0.15) is 0 Å². The Hall–Kier alpha value is -0.790. The van der Waals surface area contributed by atoms with Gasteiger partial charge in [-0.15, -0.1) is 0 Å². The van der Waals surface area contributed by atoms with Gasteiger partial charge in [-0.05, 0) is 13.3 Å². The second-order valence-corrected chi connectivity index (χ2v) is 1.96. The molecule has 0 radical (unpaired) electrons. The molecule has 52 valence electrons. The molecule has 0 unspecified atom stereocenters. The monoisotopic (exact) mass is 127 g/mol. The molecule has 9 heavy (non-hydrogen) atoms. The molecule has 1 amide bonds. The summed E-state index contributed by atoms with van der Waals surface area (Å²) in [5, 5.41) is 2.58. The highest BCUT2D eigenvalue weighted by atomic mass is 16.1. The molecule has 0 fully saturated rings. The number of hydrogen-bond acceptors (Lipinski definition) is 1. The van der Waals surface area contributed by atoms with Gasteiger partial charge in [0.2, 0.25) is 6.41 Å². The van der Waals surface area contributed by atoms with Crippen LogP contribution in [0.4, 0.5) is 0 Å². The minimum atomic E-state index is 0.678. The lowest BCUT2D eigenvalue weighted by atomic mass is 10.2. The predicted octanol–water partition coefficient (Wildman–Crippen LogP) is 1.09. The Morgan fingerprint density at radius 3 is 2.78 bits per heavy atom. The molecule has 0 saturated carbocycles. The van der Waals surface area contributed by atoms with Crippen LogP contribution in [0.1, 0.15) is 20.3 Å². The first-order valence-electron chi connectivity index (χ1n) is 3.14. The van der Waals surface area contributed by atoms with E-state index in [9.17, 15) is 4.79 Å². The van der Waals surface area contributed by atoms with Crippen LogP contribution in [0.25, 0.3) is 0 Å². The molecule has 0 aliphatic heterocycles. The van der Waals surface area contributed by atoms with E-state index in [-0.39, 0.29) is 0 Å². The molecule has 2 heteroatoms. The van der Waals surface area contributed by atoms with E-state index in [1.165, 1.54) is 5.57 Å². The Labute approximate surface area is 56.0 Å². The quantitative estimate of drug-likeness (QED) is 0.444. The van der Waals surface area contributed by atoms with E-state index in [4.69, 9.17) is 0 Å². The Morgan fingerprint density at radius 2 is 2.33 bits per heavy atom. The summed E-state index contributed by atoms with van der Waals surface area (Å²) in [6.45, 7) is 4.75. The van der Waals surface area contributed by atoms with Gasteiger partial charge in [-0.1, -0.05) is 18.6 Å². The Morgan fingerprint density at radius 1 is 1.67 bits per heavy atom. The summed E-state index contributed by atoms with van der Waals surface area (Å²) in [4.78, 5) is 9.78. The van der Waals surface area contributed by atoms with Gasteiger partial charge >= 0.3 is 0 Å². The largest absolute Gasteiger partial charge is 0.355 e. The second-order valence-electron chi connectivity index (χ2n) is 1.96. The maximum atomic E-state index is 9.78. The van der Waals surface area contributed by atoms with Gasteiger partial charge in [0.05, 0.1) is 0 Å². The SMILES string of the molecule is CC/C=C(/C)CNC=O. The molecule has 0 atom stereocenters. The van der Waals surface area contributed by atoms with Crippen LogP contribution in [0.2, 0.25) is 0 Å². The van der Waals surface area contributed by atoms with E-state index in [0.717, 1.165) is 6.42 Å². The van der Waals surface area contributed by atoms with Crippen LogP contribution >= 0.6 is 0 Å². The van der Waals surface area contributed by atoms with Gasteiger partial charge in [-0.3, -0.25) is 4.79 Å². The first-order chi connectivity index (χ1) is 4.31. The molecule has 0 saturated heterocycles. The van der Waals surface area contributed by atoms with Crippen molar-refractivity contribution in [2.75, 3.05) is 6.54 Å².